The molecule has 0 heterocycles. The van der Waals surface area contributed by atoms with Gasteiger partial charge in [0.05, 0.1) is 13.0 Å². The van der Waals surface area contributed by atoms with Crippen molar-refractivity contribution >= 4 is 11.9 Å². The van der Waals surface area contributed by atoms with Crippen molar-refractivity contribution < 1.29 is 18.0 Å². The van der Waals surface area contributed by atoms with Gasteiger partial charge in [0.25, 0.3) is 5.91 Å². The van der Waals surface area contributed by atoms with Gasteiger partial charge in [-0.2, -0.15) is 13.2 Å². The maximum absolute atomic E-state index is 12.2. The molecule has 0 atom stereocenters. The van der Waals surface area contributed by atoms with Crippen molar-refractivity contribution in [3.05, 3.63) is 35.4 Å². The van der Waals surface area contributed by atoms with E-state index in [9.17, 15) is 18.0 Å². The third-order valence-electron chi connectivity index (χ3n) is 2.88. The molecule has 1 amide bonds. The lowest BCUT2D eigenvalue weighted by atomic mass is 10.1. The first-order chi connectivity index (χ1) is 10.9. The second-order valence-corrected chi connectivity index (χ2v) is 4.77. The Kier molecular flexibility index (Phi) is 7.37. The predicted octanol–water partition coefficient (Wildman–Crippen LogP) is 2.05. The topological polar surface area (TPSA) is 65.5 Å². The molecule has 0 aliphatic rings. The number of amides is 1. The van der Waals surface area contributed by atoms with Gasteiger partial charge in [-0.1, -0.05) is 12.1 Å². The first kappa shape index (κ1) is 18.8. The number of alkyl halides is 3. The summed E-state index contributed by atoms with van der Waals surface area (Å²) in [5.41, 5.74) is 1.30. The van der Waals surface area contributed by atoms with Crippen LogP contribution in [0.1, 0.15) is 29.3 Å². The molecule has 1 aromatic rings. The van der Waals surface area contributed by atoms with Gasteiger partial charge in [0.2, 0.25) is 0 Å². The van der Waals surface area contributed by atoms with E-state index in [1.165, 1.54) is 0 Å². The van der Waals surface area contributed by atoms with Gasteiger partial charge in [-0.3, -0.25) is 4.79 Å². The standard InChI is InChI=1S/C15H21F3N4O/c1-3-20-14(21-8-7-15(16,17)18)22-10-11-5-4-6-12(9-11)13(23)19-2/h4-6,9H,3,7-8,10H2,1-2H3,(H,19,23)(H2,20,21,22). The highest BCUT2D eigenvalue weighted by atomic mass is 19.4. The number of nitrogens with zero attached hydrogens (tertiary/aromatic N) is 1. The summed E-state index contributed by atoms with van der Waals surface area (Å²) in [5.74, 6) is 0.105. The summed E-state index contributed by atoms with van der Waals surface area (Å²) in [6, 6.07) is 6.91. The second kappa shape index (κ2) is 9.02. The van der Waals surface area contributed by atoms with Gasteiger partial charge in [0, 0.05) is 25.7 Å². The van der Waals surface area contributed by atoms with Gasteiger partial charge >= 0.3 is 6.18 Å². The quantitative estimate of drug-likeness (QED) is 0.552. The number of rotatable bonds is 6. The SMILES string of the molecule is CCNC(=NCc1cccc(C(=O)NC)c1)NCCC(F)(F)F. The number of benzene rings is 1. The molecule has 1 rings (SSSR count). The average molecular weight is 330 g/mol. The Morgan fingerprint density at radius 1 is 1.26 bits per heavy atom. The van der Waals surface area contributed by atoms with Crippen LogP contribution in [0.25, 0.3) is 0 Å². The van der Waals surface area contributed by atoms with Crippen LogP contribution in [0.15, 0.2) is 29.3 Å². The van der Waals surface area contributed by atoms with Crippen LogP contribution in [0.3, 0.4) is 0 Å². The first-order valence-corrected chi connectivity index (χ1v) is 7.25. The Bertz CT molecular complexity index is 544. The van der Waals surface area contributed by atoms with Gasteiger partial charge in [0.1, 0.15) is 0 Å². The number of hydrogen-bond acceptors (Lipinski definition) is 2. The summed E-state index contributed by atoms with van der Waals surface area (Å²) in [4.78, 5) is 15.8. The van der Waals surface area contributed by atoms with E-state index in [0.29, 0.717) is 18.1 Å². The molecule has 5 nitrogen and oxygen atoms in total. The zero-order chi connectivity index (χ0) is 17.3. The van der Waals surface area contributed by atoms with Crippen LogP contribution >= 0.6 is 0 Å². The lowest BCUT2D eigenvalue weighted by Gasteiger charge is -2.12. The lowest BCUT2D eigenvalue weighted by Crippen LogP contribution is -2.38. The molecule has 8 heteroatoms. The smallest absolute Gasteiger partial charge is 0.357 e. The summed E-state index contributed by atoms with van der Waals surface area (Å²) in [7, 11) is 1.54. The fourth-order valence-electron chi connectivity index (χ4n) is 1.79. The highest BCUT2D eigenvalue weighted by Gasteiger charge is 2.26. The van der Waals surface area contributed by atoms with E-state index in [4.69, 9.17) is 0 Å². The van der Waals surface area contributed by atoms with Gasteiger partial charge in [-0.15, -0.1) is 0 Å². The largest absolute Gasteiger partial charge is 0.390 e. The van der Waals surface area contributed by atoms with E-state index in [-0.39, 0.29) is 19.0 Å². The third-order valence-corrected chi connectivity index (χ3v) is 2.88. The third kappa shape index (κ3) is 7.53. The van der Waals surface area contributed by atoms with Gasteiger partial charge in [0.15, 0.2) is 5.96 Å². The normalized spacial score (nSPS) is 12.0. The molecular weight excluding hydrogens is 309 g/mol. The van der Waals surface area contributed by atoms with E-state index in [1.54, 1.807) is 31.3 Å². The number of carbonyl (C=O) groups excluding carboxylic acids is 1. The summed E-state index contributed by atoms with van der Waals surface area (Å²) in [6.45, 7) is 2.38. The van der Waals surface area contributed by atoms with Crippen LogP contribution in [-0.2, 0) is 6.54 Å². The summed E-state index contributed by atoms with van der Waals surface area (Å²) in [6.07, 6.45) is -5.13. The van der Waals surface area contributed by atoms with Gasteiger partial charge in [-0.05, 0) is 24.6 Å². The van der Waals surface area contributed by atoms with Crippen LogP contribution in [0, 0.1) is 0 Å². The van der Waals surface area contributed by atoms with Crippen molar-refractivity contribution in [2.75, 3.05) is 20.1 Å². The van der Waals surface area contributed by atoms with Crippen molar-refractivity contribution in [2.24, 2.45) is 4.99 Å². The fraction of sp³-hybridized carbons (Fsp3) is 0.467. The molecule has 0 bridgehead atoms. The minimum atomic E-state index is -4.20. The van der Waals surface area contributed by atoms with Gasteiger partial charge in [-0.25, -0.2) is 4.99 Å². The Balaban J connectivity index is 2.67. The molecule has 0 saturated heterocycles. The van der Waals surface area contributed by atoms with Crippen LogP contribution in [0.2, 0.25) is 0 Å². The molecule has 1 aromatic carbocycles. The molecule has 0 spiro atoms. The number of carbonyl (C=O) groups is 1. The molecule has 0 fully saturated rings. The average Bonchev–Trinajstić information content (AvgIpc) is 2.51. The summed E-state index contributed by atoms with van der Waals surface area (Å²) < 4.78 is 36.5. The predicted molar refractivity (Wildman–Crippen MR) is 83.3 cm³/mol. The molecular formula is C15H21F3N4O. The lowest BCUT2D eigenvalue weighted by molar-refractivity contribution is -0.132. The Hall–Kier alpha value is -2.25. The molecule has 23 heavy (non-hydrogen) atoms. The molecule has 0 aliphatic carbocycles. The molecule has 0 saturated carbocycles. The van der Waals surface area contributed by atoms with E-state index in [0.717, 1.165) is 5.56 Å². The number of hydrogen-bond donors (Lipinski definition) is 3. The van der Waals surface area contributed by atoms with Crippen LogP contribution in [0.4, 0.5) is 13.2 Å². The molecule has 0 aromatic heterocycles. The number of nitrogens with one attached hydrogen (secondary N) is 3. The van der Waals surface area contributed by atoms with Crippen molar-refractivity contribution in [3.63, 3.8) is 0 Å². The number of halogens is 3. The molecule has 0 aliphatic heterocycles. The maximum Gasteiger partial charge on any atom is 0.390 e. The summed E-state index contributed by atoms with van der Waals surface area (Å²) >= 11 is 0. The molecule has 128 valence electrons. The Morgan fingerprint density at radius 2 is 2.00 bits per heavy atom. The fourth-order valence-corrected chi connectivity index (χ4v) is 1.79. The van der Waals surface area contributed by atoms with Crippen LogP contribution in [0.5, 0.6) is 0 Å². The first-order valence-electron chi connectivity index (χ1n) is 7.25. The molecule has 3 N–H and O–H groups in total. The number of aliphatic imine (C=N–C) groups is 1. The van der Waals surface area contributed by atoms with Gasteiger partial charge < -0.3 is 16.0 Å². The highest BCUT2D eigenvalue weighted by molar-refractivity contribution is 5.94. The van der Waals surface area contributed by atoms with Crippen molar-refractivity contribution in [1.29, 1.82) is 0 Å². The maximum atomic E-state index is 12.2. The Morgan fingerprint density at radius 3 is 2.61 bits per heavy atom. The zero-order valence-electron chi connectivity index (χ0n) is 13.1. The second-order valence-electron chi connectivity index (χ2n) is 4.77. The minimum absolute atomic E-state index is 0.203. The van der Waals surface area contributed by atoms with Crippen molar-refractivity contribution in [3.8, 4) is 0 Å². The Labute approximate surface area is 133 Å². The van der Waals surface area contributed by atoms with Crippen LogP contribution in [-0.4, -0.2) is 38.2 Å². The van der Waals surface area contributed by atoms with Crippen molar-refractivity contribution in [2.45, 2.75) is 26.1 Å². The van der Waals surface area contributed by atoms with E-state index in [2.05, 4.69) is 20.9 Å². The van der Waals surface area contributed by atoms with Crippen LogP contribution < -0.4 is 16.0 Å². The van der Waals surface area contributed by atoms with E-state index >= 15 is 0 Å². The highest BCUT2D eigenvalue weighted by Crippen LogP contribution is 2.18. The monoisotopic (exact) mass is 330 g/mol. The number of guanidine groups is 1. The van der Waals surface area contributed by atoms with E-state index in [1.807, 2.05) is 6.92 Å². The molecule has 0 radical (unpaired) electrons. The van der Waals surface area contributed by atoms with Crippen molar-refractivity contribution in [1.82, 2.24) is 16.0 Å². The minimum Gasteiger partial charge on any atom is -0.357 e. The zero-order valence-corrected chi connectivity index (χ0v) is 13.1. The molecule has 0 unspecified atom stereocenters. The van der Waals surface area contributed by atoms with E-state index < -0.39 is 12.6 Å². The summed E-state index contributed by atoms with van der Waals surface area (Å²) in [5, 5.41) is 8.05.